The van der Waals surface area contributed by atoms with Gasteiger partial charge in [0.1, 0.15) is 30.0 Å². The van der Waals surface area contributed by atoms with Crippen molar-refractivity contribution in [2.45, 2.75) is 42.6 Å². The first-order chi connectivity index (χ1) is 8.89. The number of hydrogen-bond donors (Lipinski definition) is 6. The Hall–Kier alpha value is -0.360. The van der Waals surface area contributed by atoms with Crippen molar-refractivity contribution in [3.05, 3.63) is 0 Å². The second-order valence-electron chi connectivity index (χ2n) is 4.77. The SMILES string of the molecule is OC[C@@]1(O)CO[C@@H](O[C@@H]2[C@@H](O)[C@H](O)OC[C@H]2O)[C@@H]1O. The van der Waals surface area contributed by atoms with Gasteiger partial charge in [0, 0.05) is 0 Å². The van der Waals surface area contributed by atoms with Gasteiger partial charge in [0.05, 0.1) is 19.8 Å². The zero-order valence-corrected chi connectivity index (χ0v) is 9.99. The van der Waals surface area contributed by atoms with E-state index in [0.29, 0.717) is 0 Å². The van der Waals surface area contributed by atoms with E-state index in [1.165, 1.54) is 0 Å². The van der Waals surface area contributed by atoms with Crippen molar-refractivity contribution >= 4 is 0 Å². The topological polar surface area (TPSA) is 149 Å². The highest BCUT2D eigenvalue weighted by Gasteiger charge is 2.51. The van der Waals surface area contributed by atoms with E-state index >= 15 is 0 Å². The van der Waals surface area contributed by atoms with Crippen LogP contribution in [0.4, 0.5) is 0 Å². The number of ether oxygens (including phenoxy) is 3. The van der Waals surface area contributed by atoms with Crippen LogP contribution in [0.3, 0.4) is 0 Å². The van der Waals surface area contributed by atoms with E-state index in [4.69, 9.17) is 14.6 Å². The van der Waals surface area contributed by atoms with Gasteiger partial charge < -0.3 is 44.8 Å². The molecule has 2 rings (SSSR count). The summed E-state index contributed by atoms with van der Waals surface area (Å²) in [7, 11) is 0. The number of hydrogen-bond acceptors (Lipinski definition) is 9. The minimum Gasteiger partial charge on any atom is -0.393 e. The molecule has 2 aliphatic heterocycles. The third kappa shape index (κ3) is 2.75. The molecule has 0 aromatic carbocycles. The van der Waals surface area contributed by atoms with Crippen molar-refractivity contribution < 1.29 is 44.8 Å². The van der Waals surface area contributed by atoms with Crippen LogP contribution >= 0.6 is 0 Å². The lowest BCUT2D eigenvalue weighted by molar-refractivity contribution is -0.296. The maximum absolute atomic E-state index is 9.76. The zero-order chi connectivity index (χ0) is 14.2. The molecule has 2 fully saturated rings. The van der Waals surface area contributed by atoms with Crippen molar-refractivity contribution in [3.8, 4) is 0 Å². The van der Waals surface area contributed by atoms with Gasteiger partial charge in [0.2, 0.25) is 0 Å². The molecule has 0 aromatic heterocycles. The Balaban J connectivity index is 2.01. The van der Waals surface area contributed by atoms with Crippen LogP contribution in [0.25, 0.3) is 0 Å². The largest absolute Gasteiger partial charge is 0.393 e. The summed E-state index contributed by atoms with van der Waals surface area (Å²) < 4.78 is 14.8. The predicted molar refractivity (Wildman–Crippen MR) is 56.6 cm³/mol. The molecule has 9 nitrogen and oxygen atoms in total. The first-order valence-electron chi connectivity index (χ1n) is 5.83. The summed E-state index contributed by atoms with van der Waals surface area (Å²) in [6.07, 6.45) is -8.40. The molecule has 0 amide bonds. The molecular weight excluding hydrogens is 264 g/mol. The van der Waals surface area contributed by atoms with Gasteiger partial charge >= 0.3 is 0 Å². The van der Waals surface area contributed by atoms with Crippen LogP contribution in [0, 0.1) is 0 Å². The molecule has 0 bridgehead atoms. The highest BCUT2D eigenvalue weighted by Crippen LogP contribution is 2.28. The molecule has 9 heteroatoms. The molecule has 19 heavy (non-hydrogen) atoms. The van der Waals surface area contributed by atoms with Gasteiger partial charge in [-0.15, -0.1) is 0 Å². The number of aliphatic hydroxyl groups is 6. The first kappa shape index (κ1) is 15.0. The van der Waals surface area contributed by atoms with Gasteiger partial charge in [-0.05, 0) is 0 Å². The second kappa shape index (κ2) is 5.56. The summed E-state index contributed by atoms with van der Waals surface area (Å²) in [5.74, 6) is 0. The minimum atomic E-state index is -1.86. The molecule has 2 heterocycles. The standard InChI is InChI=1S/C10H18O9/c11-2-10(16)3-18-9(7(10)14)19-6-4(12)1-17-8(15)5(6)13/h4-9,11-16H,1-3H2/t4-,5-,6+,7+,8-,9+,10-/m1/s1. The van der Waals surface area contributed by atoms with Gasteiger partial charge in [-0.1, -0.05) is 0 Å². The number of rotatable bonds is 3. The Kier molecular flexibility index (Phi) is 4.40. The van der Waals surface area contributed by atoms with E-state index < -0.39 is 49.2 Å². The fourth-order valence-electron chi connectivity index (χ4n) is 2.02. The van der Waals surface area contributed by atoms with Crippen LogP contribution in [0.5, 0.6) is 0 Å². The molecule has 0 radical (unpaired) electrons. The van der Waals surface area contributed by atoms with Gasteiger partial charge in [0.15, 0.2) is 12.6 Å². The van der Waals surface area contributed by atoms with Crippen molar-refractivity contribution in [3.63, 3.8) is 0 Å². The Labute approximate surface area is 108 Å². The van der Waals surface area contributed by atoms with E-state index in [2.05, 4.69) is 4.74 Å². The van der Waals surface area contributed by atoms with Gasteiger partial charge in [-0.3, -0.25) is 0 Å². The molecule has 112 valence electrons. The van der Waals surface area contributed by atoms with Crippen LogP contribution in [0.2, 0.25) is 0 Å². The summed E-state index contributed by atoms with van der Waals surface area (Å²) in [5.41, 5.74) is -1.86. The average Bonchev–Trinajstić information content (AvgIpc) is 2.68. The van der Waals surface area contributed by atoms with Crippen molar-refractivity contribution in [1.29, 1.82) is 0 Å². The molecule has 2 aliphatic rings. The quantitative estimate of drug-likeness (QED) is 0.303. The lowest BCUT2D eigenvalue weighted by Crippen LogP contribution is -2.56. The van der Waals surface area contributed by atoms with E-state index in [1.807, 2.05) is 0 Å². The lowest BCUT2D eigenvalue weighted by Gasteiger charge is -2.37. The smallest absolute Gasteiger partial charge is 0.187 e. The summed E-state index contributed by atoms with van der Waals surface area (Å²) in [6.45, 7) is -1.33. The lowest BCUT2D eigenvalue weighted by atomic mass is 10.0. The van der Waals surface area contributed by atoms with Gasteiger partial charge in [-0.2, -0.15) is 0 Å². The average molecular weight is 282 g/mol. The zero-order valence-electron chi connectivity index (χ0n) is 9.99. The maximum Gasteiger partial charge on any atom is 0.187 e. The summed E-state index contributed by atoms with van der Waals surface area (Å²) in [6, 6.07) is 0. The van der Waals surface area contributed by atoms with Gasteiger partial charge in [0.25, 0.3) is 0 Å². The Morgan fingerprint density at radius 3 is 2.42 bits per heavy atom. The summed E-state index contributed by atoms with van der Waals surface area (Å²) in [5, 5.41) is 57.0. The van der Waals surface area contributed by atoms with Crippen LogP contribution in [-0.2, 0) is 14.2 Å². The molecule has 7 atom stereocenters. The van der Waals surface area contributed by atoms with Gasteiger partial charge in [-0.25, -0.2) is 0 Å². The fourth-order valence-corrected chi connectivity index (χ4v) is 2.02. The highest BCUT2D eigenvalue weighted by molar-refractivity contribution is 4.95. The third-order valence-electron chi connectivity index (χ3n) is 3.32. The Morgan fingerprint density at radius 1 is 1.16 bits per heavy atom. The number of aliphatic hydroxyl groups excluding tert-OH is 5. The highest BCUT2D eigenvalue weighted by atomic mass is 16.7. The van der Waals surface area contributed by atoms with Crippen molar-refractivity contribution in [2.75, 3.05) is 19.8 Å². The summed E-state index contributed by atoms with van der Waals surface area (Å²) in [4.78, 5) is 0. The van der Waals surface area contributed by atoms with E-state index in [9.17, 15) is 25.5 Å². The second-order valence-corrected chi connectivity index (χ2v) is 4.77. The molecule has 0 aromatic rings. The molecule has 2 saturated heterocycles. The molecule has 6 N–H and O–H groups in total. The molecule has 0 unspecified atom stereocenters. The first-order valence-corrected chi connectivity index (χ1v) is 5.83. The van der Waals surface area contributed by atoms with E-state index in [0.717, 1.165) is 0 Å². The summed E-state index contributed by atoms with van der Waals surface area (Å²) >= 11 is 0. The maximum atomic E-state index is 9.76. The normalized spacial score (nSPS) is 51.5. The molecule has 0 spiro atoms. The molecule has 0 saturated carbocycles. The monoisotopic (exact) mass is 282 g/mol. The van der Waals surface area contributed by atoms with Crippen molar-refractivity contribution in [1.82, 2.24) is 0 Å². The van der Waals surface area contributed by atoms with Crippen LogP contribution < -0.4 is 0 Å². The van der Waals surface area contributed by atoms with Crippen LogP contribution in [0.1, 0.15) is 0 Å². The predicted octanol–water partition coefficient (Wildman–Crippen LogP) is -4.12. The Morgan fingerprint density at radius 2 is 1.84 bits per heavy atom. The third-order valence-corrected chi connectivity index (χ3v) is 3.32. The van der Waals surface area contributed by atoms with Crippen molar-refractivity contribution in [2.24, 2.45) is 0 Å². The Bertz CT molecular complexity index is 313. The minimum absolute atomic E-state index is 0.254. The van der Waals surface area contributed by atoms with E-state index in [-0.39, 0.29) is 13.2 Å². The van der Waals surface area contributed by atoms with Crippen LogP contribution in [0.15, 0.2) is 0 Å². The molecule has 0 aliphatic carbocycles. The van der Waals surface area contributed by atoms with E-state index in [1.54, 1.807) is 0 Å². The van der Waals surface area contributed by atoms with Crippen LogP contribution in [-0.4, -0.2) is 93.1 Å². The molecular formula is C10H18O9. The fraction of sp³-hybridized carbons (Fsp3) is 1.00.